The minimum atomic E-state index is -0.184. The van der Waals surface area contributed by atoms with Gasteiger partial charge in [-0.2, -0.15) is 0 Å². The van der Waals surface area contributed by atoms with Crippen molar-refractivity contribution in [1.82, 2.24) is 0 Å². The molecule has 0 spiro atoms. The van der Waals surface area contributed by atoms with Gasteiger partial charge in [0.15, 0.2) is 0 Å². The topological polar surface area (TPSA) is 43.1 Å². The number of hydrogen-bond acceptors (Lipinski definition) is 1. The van der Waals surface area contributed by atoms with E-state index in [2.05, 4.69) is 18.2 Å². The monoisotopic (exact) mass is 189 g/mol. The molecule has 1 aromatic carbocycles. The van der Waals surface area contributed by atoms with Crippen molar-refractivity contribution in [1.29, 1.82) is 0 Å². The lowest BCUT2D eigenvalue weighted by molar-refractivity contribution is -0.119. The van der Waals surface area contributed by atoms with Crippen LogP contribution in [0.2, 0.25) is 0 Å². The first-order valence-corrected chi connectivity index (χ1v) is 5.07. The number of carbonyl (C=O) groups excluding carboxylic acids is 1. The molecule has 0 radical (unpaired) electrons. The Morgan fingerprint density at radius 2 is 2.29 bits per heavy atom. The average molecular weight is 189 g/mol. The highest BCUT2D eigenvalue weighted by Crippen LogP contribution is 2.31. The van der Waals surface area contributed by atoms with E-state index in [1.165, 1.54) is 11.1 Å². The summed E-state index contributed by atoms with van der Waals surface area (Å²) in [6, 6.07) is 6.33. The van der Waals surface area contributed by atoms with Crippen molar-refractivity contribution in [2.45, 2.75) is 32.1 Å². The van der Waals surface area contributed by atoms with Gasteiger partial charge in [-0.1, -0.05) is 23.8 Å². The van der Waals surface area contributed by atoms with Crippen LogP contribution >= 0.6 is 0 Å². The van der Waals surface area contributed by atoms with Crippen molar-refractivity contribution in [3.63, 3.8) is 0 Å². The van der Waals surface area contributed by atoms with Gasteiger partial charge in [-0.05, 0) is 37.3 Å². The van der Waals surface area contributed by atoms with Gasteiger partial charge in [0, 0.05) is 0 Å². The third-order valence-electron chi connectivity index (χ3n) is 2.96. The molecule has 14 heavy (non-hydrogen) atoms. The minimum absolute atomic E-state index is 0.0568. The van der Waals surface area contributed by atoms with E-state index in [4.69, 9.17) is 5.73 Å². The number of fused-ring (bicyclic) bond motifs is 1. The van der Waals surface area contributed by atoms with Gasteiger partial charge in [0.05, 0.1) is 5.92 Å². The molecule has 1 aliphatic rings. The van der Waals surface area contributed by atoms with Gasteiger partial charge in [0.1, 0.15) is 0 Å². The van der Waals surface area contributed by atoms with Crippen LogP contribution in [0.15, 0.2) is 18.2 Å². The molecule has 1 aromatic rings. The van der Waals surface area contributed by atoms with Crippen LogP contribution in [-0.2, 0) is 11.2 Å². The van der Waals surface area contributed by atoms with Gasteiger partial charge in [0.2, 0.25) is 5.91 Å². The molecule has 0 saturated heterocycles. The summed E-state index contributed by atoms with van der Waals surface area (Å²) in [6.07, 6.45) is 3.06. The Labute approximate surface area is 84.1 Å². The van der Waals surface area contributed by atoms with Crippen LogP contribution in [0.25, 0.3) is 0 Å². The molecule has 1 unspecified atom stereocenters. The number of hydrogen-bond donors (Lipinski definition) is 1. The molecule has 0 bridgehead atoms. The number of primary amides is 1. The highest BCUT2D eigenvalue weighted by Gasteiger charge is 2.24. The molecule has 2 N–H and O–H groups in total. The summed E-state index contributed by atoms with van der Waals surface area (Å²) in [5.74, 6) is -0.241. The molecule has 1 amide bonds. The van der Waals surface area contributed by atoms with Crippen molar-refractivity contribution in [3.05, 3.63) is 34.9 Å². The zero-order valence-electron chi connectivity index (χ0n) is 8.42. The molecule has 0 saturated carbocycles. The summed E-state index contributed by atoms with van der Waals surface area (Å²) in [6.45, 7) is 2.05. The maximum absolute atomic E-state index is 11.3. The third kappa shape index (κ3) is 1.52. The first kappa shape index (κ1) is 9.25. The average Bonchev–Trinajstić information content (AvgIpc) is 2.16. The SMILES string of the molecule is Cc1ccc2c(c1)C(C(N)=O)CCC2. The van der Waals surface area contributed by atoms with Gasteiger partial charge in [-0.3, -0.25) is 4.79 Å². The lowest BCUT2D eigenvalue weighted by atomic mass is 9.82. The number of aryl methyl sites for hydroxylation is 2. The molecule has 0 aromatic heterocycles. The zero-order valence-corrected chi connectivity index (χ0v) is 8.42. The van der Waals surface area contributed by atoms with Gasteiger partial charge in [0.25, 0.3) is 0 Å². The van der Waals surface area contributed by atoms with E-state index < -0.39 is 0 Å². The molecule has 1 aliphatic carbocycles. The van der Waals surface area contributed by atoms with Crippen LogP contribution in [0.3, 0.4) is 0 Å². The molecular weight excluding hydrogens is 174 g/mol. The van der Waals surface area contributed by atoms with E-state index in [-0.39, 0.29) is 11.8 Å². The molecule has 2 heteroatoms. The quantitative estimate of drug-likeness (QED) is 0.720. The molecule has 1 atom stereocenters. The number of amides is 1. The number of benzene rings is 1. The highest BCUT2D eigenvalue weighted by molar-refractivity contribution is 5.82. The van der Waals surface area contributed by atoms with E-state index in [1.807, 2.05) is 6.92 Å². The van der Waals surface area contributed by atoms with E-state index >= 15 is 0 Å². The summed E-state index contributed by atoms with van der Waals surface area (Å²) < 4.78 is 0. The fraction of sp³-hybridized carbons (Fsp3) is 0.417. The number of carbonyl (C=O) groups is 1. The number of rotatable bonds is 1. The second kappa shape index (κ2) is 3.45. The Bertz CT molecular complexity index is 371. The number of nitrogens with two attached hydrogens (primary N) is 1. The summed E-state index contributed by atoms with van der Waals surface area (Å²) in [4.78, 5) is 11.3. The highest BCUT2D eigenvalue weighted by atomic mass is 16.1. The molecule has 0 heterocycles. The van der Waals surface area contributed by atoms with Crippen LogP contribution in [0.5, 0.6) is 0 Å². The summed E-state index contributed by atoms with van der Waals surface area (Å²) in [5.41, 5.74) is 9.05. The molecule has 0 fully saturated rings. The van der Waals surface area contributed by atoms with Crippen LogP contribution in [0.4, 0.5) is 0 Å². The molecule has 74 valence electrons. The lowest BCUT2D eigenvalue weighted by Crippen LogP contribution is -2.25. The van der Waals surface area contributed by atoms with Crippen molar-refractivity contribution in [2.24, 2.45) is 5.73 Å². The van der Waals surface area contributed by atoms with E-state index in [1.54, 1.807) is 0 Å². The Balaban J connectivity index is 2.46. The smallest absolute Gasteiger partial charge is 0.224 e. The first-order chi connectivity index (χ1) is 6.68. The molecule has 2 nitrogen and oxygen atoms in total. The summed E-state index contributed by atoms with van der Waals surface area (Å²) in [5, 5.41) is 0. The van der Waals surface area contributed by atoms with Crippen molar-refractivity contribution >= 4 is 5.91 Å². The van der Waals surface area contributed by atoms with Gasteiger partial charge in [-0.25, -0.2) is 0 Å². The lowest BCUT2D eigenvalue weighted by Gasteiger charge is -2.23. The van der Waals surface area contributed by atoms with Gasteiger partial charge in [-0.15, -0.1) is 0 Å². The van der Waals surface area contributed by atoms with Crippen LogP contribution in [0.1, 0.15) is 35.4 Å². The minimum Gasteiger partial charge on any atom is -0.369 e. The van der Waals surface area contributed by atoms with Crippen LogP contribution < -0.4 is 5.73 Å². The first-order valence-electron chi connectivity index (χ1n) is 5.07. The normalized spacial score (nSPS) is 20.2. The van der Waals surface area contributed by atoms with E-state index in [0.717, 1.165) is 24.8 Å². The third-order valence-corrected chi connectivity index (χ3v) is 2.96. The molecular formula is C12H15NO. The fourth-order valence-electron chi connectivity index (χ4n) is 2.21. The Hall–Kier alpha value is -1.31. The van der Waals surface area contributed by atoms with Gasteiger partial charge >= 0.3 is 0 Å². The van der Waals surface area contributed by atoms with Crippen LogP contribution in [0, 0.1) is 6.92 Å². The fourth-order valence-corrected chi connectivity index (χ4v) is 2.21. The predicted octanol–water partition coefficient (Wildman–Crippen LogP) is 1.90. The Morgan fingerprint density at radius 3 is 3.00 bits per heavy atom. The maximum Gasteiger partial charge on any atom is 0.224 e. The summed E-state index contributed by atoms with van der Waals surface area (Å²) >= 11 is 0. The zero-order chi connectivity index (χ0) is 10.1. The van der Waals surface area contributed by atoms with Crippen LogP contribution in [-0.4, -0.2) is 5.91 Å². The molecule has 2 rings (SSSR count). The van der Waals surface area contributed by atoms with Crippen molar-refractivity contribution < 1.29 is 4.79 Å². The summed E-state index contributed by atoms with van der Waals surface area (Å²) in [7, 11) is 0. The Kier molecular flexibility index (Phi) is 2.28. The largest absolute Gasteiger partial charge is 0.369 e. The van der Waals surface area contributed by atoms with Crippen molar-refractivity contribution in [2.75, 3.05) is 0 Å². The second-order valence-corrected chi connectivity index (χ2v) is 4.05. The van der Waals surface area contributed by atoms with Gasteiger partial charge < -0.3 is 5.73 Å². The second-order valence-electron chi connectivity index (χ2n) is 4.05. The Morgan fingerprint density at radius 1 is 1.50 bits per heavy atom. The van der Waals surface area contributed by atoms with E-state index in [9.17, 15) is 4.79 Å². The van der Waals surface area contributed by atoms with E-state index in [0.29, 0.717) is 0 Å². The standard InChI is InChI=1S/C12H15NO/c1-8-5-6-9-3-2-4-10(12(13)14)11(9)7-8/h5-7,10H,2-4H2,1H3,(H2,13,14). The predicted molar refractivity (Wildman–Crippen MR) is 56.1 cm³/mol. The molecule has 0 aliphatic heterocycles. The van der Waals surface area contributed by atoms with Crippen molar-refractivity contribution in [3.8, 4) is 0 Å². The maximum atomic E-state index is 11.3.